The quantitative estimate of drug-likeness (QED) is 0.769. The van der Waals surface area contributed by atoms with Gasteiger partial charge in [-0.25, -0.2) is 9.48 Å². The number of benzene rings is 1. The monoisotopic (exact) mass is 359 g/mol. The van der Waals surface area contributed by atoms with Gasteiger partial charge in [0.25, 0.3) is 5.91 Å². The molecular formula is C19H25N3O4. The smallest absolute Gasteiger partial charge is 0.344 e. The van der Waals surface area contributed by atoms with Crippen LogP contribution in [0.3, 0.4) is 0 Å². The van der Waals surface area contributed by atoms with Crippen LogP contribution in [0.15, 0.2) is 30.5 Å². The first kappa shape index (κ1) is 19.5. The Balaban J connectivity index is 1.87. The maximum atomic E-state index is 12.2. The number of aromatic nitrogens is 2. The number of hydrogen-bond acceptors (Lipinski definition) is 5. The van der Waals surface area contributed by atoms with Crippen molar-refractivity contribution in [1.29, 1.82) is 0 Å². The van der Waals surface area contributed by atoms with E-state index in [4.69, 9.17) is 9.47 Å². The predicted molar refractivity (Wildman–Crippen MR) is 98.2 cm³/mol. The van der Waals surface area contributed by atoms with Crippen LogP contribution in [0.2, 0.25) is 0 Å². The number of ether oxygens (including phenoxy) is 2. The van der Waals surface area contributed by atoms with Crippen LogP contribution >= 0.6 is 0 Å². The van der Waals surface area contributed by atoms with Crippen LogP contribution in [-0.4, -0.2) is 34.4 Å². The van der Waals surface area contributed by atoms with Crippen molar-refractivity contribution in [2.45, 2.75) is 46.8 Å². The molecule has 0 radical (unpaired) electrons. The first-order valence-corrected chi connectivity index (χ1v) is 8.52. The van der Waals surface area contributed by atoms with Gasteiger partial charge in [-0.2, -0.15) is 5.10 Å². The molecule has 1 atom stereocenters. The Morgan fingerprint density at radius 3 is 2.62 bits per heavy atom. The lowest BCUT2D eigenvalue weighted by Crippen LogP contribution is -2.32. The first-order chi connectivity index (χ1) is 12.3. The zero-order chi connectivity index (χ0) is 19.3. The minimum absolute atomic E-state index is 0.101. The standard InChI is InChI=1S/C19H25N3O4/c1-12(2)22-17(9-10-20-22)21-19(24)15(5)26-18(23)11-25-16-8-6-7-13(3)14(16)4/h6-10,12,15H,11H2,1-5H3,(H,21,24)/t15-/m0/s1. The predicted octanol–water partition coefficient (Wildman–Crippen LogP) is 3.03. The summed E-state index contributed by atoms with van der Waals surface area (Å²) in [5.74, 6) is 0.151. The number of anilines is 1. The van der Waals surface area contributed by atoms with E-state index in [0.29, 0.717) is 11.6 Å². The summed E-state index contributed by atoms with van der Waals surface area (Å²) in [6.07, 6.45) is 0.657. The molecule has 26 heavy (non-hydrogen) atoms. The third-order valence-corrected chi connectivity index (χ3v) is 3.99. The molecule has 2 rings (SSSR count). The van der Waals surface area contributed by atoms with E-state index in [2.05, 4.69) is 10.4 Å². The molecule has 0 fully saturated rings. The molecule has 0 aliphatic heterocycles. The topological polar surface area (TPSA) is 82.4 Å². The third-order valence-electron chi connectivity index (χ3n) is 3.99. The molecule has 1 heterocycles. The molecule has 1 aromatic heterocycles. The summed E-state index contributed by atoms with van der Waals surface area (Å²) in [7, 11) is 0. The number of rotatable bonds is 7. The minimum Gasteiger partial charge on any atom is -0.482 e. The lowest BCUT2D eigenvalue weighted by Gasteiger charge is -2.16. The van der Waals surface area contributed by atoms with E-state index in [0.717, 1.165) is 11.1 Å². The highest BCUT2D eigenvalue weighted by Gasteiger charge is 2.20. The minimum atomic E-state index is -0.944. The molecule has 7 heteroatoms. The number of esters is 1. The van der Waals surface area contributed by atoms with E-state index in [-0.39, 0.29) is 12.6 Å². The summed E-state index contributed by atoms with van der Waals surface area (Å²) >= 11 is 0. The van der Waals surface area contributed by atoms with Crippen molar-refractivity contribution in [2.75, 3.05) is 11.9 Å². The van der Waals surface area contributed by atoms with Gasteiger partial charge in [0.2, 0.25) is 0 Å². The fraction of sp³-hybridized carbons (Fsp3) is 0.421. The van der Waals surface area contributed by atoms with Crippen LogP contribution in [0, 0.1) is 13.8 Å². The molecule has 0 spiro atoms. The van der Waals surface area contributed by atoms with Crippen molar-refractivity contribution in [1.82, 2.24) is 9.78 Å². The van der Waals surface area contributed by atoms with Gasteiger partial charge in [-0.1, -0.05) is 12.1 Å². The Morgan fingerprint density at radius 2 is 1.92 bits per heavy atom. The molecule has 1 N–H and O–H groups in total. The first-order valence-electron chi connectivity index (χ1n) is 8.52. The average Bonchev–Trinajstić information content (AvgIpc) is 3.04. The number of amides is 1. The number of carbonyl (C=O) groups is 2. The Kier molecular flexibility index (Phi) is 6.38. The second kappa shape index (κ2) is 8.51. The Hall–Kier alpha value is -2.83. The van der Waals surface area contributed by atoms with E-state index >= 15 is 0 Å². The summed E-state index contributed by atoms with van der Waals surface area (Å²) in [5.41, 5.74) is 2.04. The molecule has 0 unspecified atom stereocenters. The highest BCUT2D eigenvalue weighted by Crippen LogP contribution is 2.20. The highest BCUT2D eigenvalue weighted by molar-refractivity contribution is 5.94. The van der Waals surface area contributed by atoms with E-state index in [9.17, 15) is 9.59 Å². The van der Waals surface area contributed by atoms with Gasteiger partial charge in [0.1, 0.15) is 11.6 Å². The van der Waals surface area contributed by atoms with Crippen molar-refractivity contribution in [3.8, 4) is 5.75 Å². The summed E-state index contributed by atoms with van der Waals surface area (Å²) in [4.78, 5) is 24.2. The van der Waals surface area contributed by atoms with Gasteiger partial charge in [-0.3, -0.25) is 4.79 Å². The lowest BCUT2D eigenvalue weighted by atomic mass is 10.1. The zero-order valence-electron chi connectivity index (χ0n) is 15.8. The zero-order valence-corrected chi connectivity index (χ0v) is 15.8. The Morgan fingerprint density at radius 1 is 1.19 bits per heavy atom. The number of nitrogens with one attached hydrogen (secondary N) is 1. The molecule has 0 saturated carbocycles. The summed E-state index contributed by atoms with van der Waals surface area (Å²) < 4.78 is 12.3. The van der Waals surface area contributed by atoms with E-state index in [1.807, 2.05) is 39.8 Å². The van der Waals surface area contributed by atoms with Gasteiger partial charge >= 0.3 is 5.97 Å². The molecule has 140 valence electrons. The number of hydrogen-bond donors (Lipinski definition) is 1. The number of aryl methyl sites for hydroxylation is 1. The van der Waals surface area contributed by atoms with Gasteiger partial charge < -0.3 is 14.8 Å². The average molecular weight is 359 g/mol. The largest absolute Gasteiger partial charge is 0.482 e. The van der Waals surface area contributed by atoms with Crippen molar-refractivity contribution in [2.24, 2.45) is 0 Å². The van der Waals surface area contributed by atoms with Crippen molar-refractivity contribution >= 4 is 17.7 Å². The molecule has 1 aromatic carbocycles. The third kappa shape index (κ3) is 4.84. The molecule has 0 aliphatic rings. The van der Waals surface area contributed by atoms with Gasteiger partial charge in [0, 0.05) is 12.1 Å². The fourth-order valence-electron chi connectivity index (χ4n) is 2.35. The molecule has 7 nitrogen and oxygen atoms in total. The van der Waals surface area contributed by atoms with Crippen molar-refractivity contribution < 1.29 is 19.1 Å². The molecule has 2 aromatic rings. The lowest BCUT2D eigenvalue weighted by molar-refractivity contribution is -0.155. The molecule has 1 amide bonds. The molecular weight excluding hydrogens is 334 g/mol. The maximum absolute atomic E-state index is 12.2. The molecule has 0 saturated heterocycles. The SMILES string of the molecule is Cc1cccc(OCC(=O)O[C@@H](C)C(=O)Nc2ccnn2C(C)C)c1C. The van der Waals surface area contributed by atoms with Gasteiger partial charge in [-0.15, -0.1) is 0 Å². The summed E-state index contributed by atoms with van der Waals surface area (Å²) in [6, 6.07) is 7.41. The van der Waals surface area contributed by atoms with Crippen molar-refractivity contribution in [3.63, 3.8) is 0 Å². The normalized spacial score (nSPS) is 11.9. The number of carbonyl (C=O) groups excluding carboxylic acids is 2. The van der Waals surface area contributed by atoms with Gasteiger partial charge in [0.05, 0.1) is 6.20 Å². The van der Waals surface area contributed by atoms with Crippen LogP contribution in [0.25, 0.3) is 0 Å². The van der Waals surface area contributed by atoms with Crippen LogP contribution in [-0.2, 0) is 14.3 Å². The highest BCUT2D eigenvalue weighted by atomic mass is 16.6. The summed E-state index contributed by atoms with van der Waals surface area (Å²) in [5, 5.41) is 6.85. The molecule has 0 aliphatic carbocycles. The second-order valence-electron chi connectivity index (χ2n) is 6.36. The van der Waals surface area contributed by atoms with Gasteiger partial charge in [-0.05, 0) is 51.8 Å². The van der Waals surface area contributed by atoms with Crippen LogP contribution < -0.4 is 10.1 Å². The Bertz CT molecular complexity index is 783. The van der Waals surface area contributed by atoms with E-state index < -0.39 is 18.0 Å². The van der Waals surface area contributed by atoms with E-state index in [1.165, 1.54) is 6.92 Å². The van der Waals surface area contributed by atoms with Crippen LogP contribution in [0.5, 0.6) is 5.75 Å². The molecule has 0 bridgehead atoms. The number of nitrogens with zero attached hydrogens (tertiary/aromatic N) is 2. The summed E-state index contributed by atoms with van der Waals surface area (Å²) in [6.45, 7) is 9.05. The second-order valence-corrected chi connectivity index (χ2v) is 6.36. The van der Waals surface area contributed by atoms with Gasteiger partial charge in [0.15, 0.2) is 12.7 Å². The van der Waals surface area contributed by atoms with Crippen LogP contribution in [0.1, 0.15) is 37.9 Å². The fourth-order valence-corrected chi connectivity index (χ4v) is 2.35. The Labute approximate surface area is 153 Å². The van der Waals surface area contributed by atoms with E-state index in [1.54, 1.807) is 23.0 Å². The maximum Gasteiger partial charge on any atom is 0.344 e. The van der Waals surface area contributed by atoms with Crippen LogP contribution in [0.4, 0.5) is 5.82 Å². The van der Waals surface area contributed by atoms with Crippen molar-refractivity contribution in [3.05, 3.63) is 41.6 Å².